The number of benzene rings is 4. The SMILES string of the molecule is CC(C)c1cc(C(C)C)c(-c2[te]c(-c3cc(C(C)(C)C)ccn3)[c-]c2Oc2[c-]c(-c3cc(-c4ccc(-c5ccc(CC(C)(C)C)cc5)cc4)ccn3)cc(C(C)(C)C)c2)c(C(C)C)c1.[Pt+2]. The molecule has 0 unspecified atom stereocenters. The van der Waals surface area contributed by atoms with Crippen molar-refractivity contribution < 1.29 is 25.8 Å². The van der Waals surface area contributed by atoms with Gasteiger partial charge >= 0.3 is 345 Å². The molecule has 0 saturated carbocycles. The van der Waals surface area contributed by atoms with Crippen molar-refractivity contribution in [3.63, 3.8) is 0 Å². The molecular weight excluding hydrogens is 1090 g/mol. The zero-order chi connectivity index (χ0) is 46.3. The van der Waals surface area contributed by atoms with Crippen molar-refractivity contribution in [3.8, 4) is 63.4 Å². The predicted molar refractivity (Wildman–Crippen MR) is 273 cm³/mol. The van der Waals surface area contributed by atoms with Gasteiger partial charge in [0.2, 0.25) is 0 Å². The van der Waals surface area contributed by atoms with Crippen LogP contribution in [0.2, 0.25) is 0 Å². The van der Waals surface area contributed by atoms with Crippen LogP contribution in [0.4, 0.5) is 0 Å². The van der Waals surface area contributed by atoms with Gasteiger partial charge < -0.3 is 0 Å². The molecule has 0 aliphatic rings. The van der Waals surface area contributed by atoms with E-state index >= 15 is 0 Å². The van der Waals surface area contributed by atoms with E-state index in [0.29, 0.717) is 23.5 Å². The number of nitrogens with zero attached hydrogens (tertiary/aromatic N) is 2. The minimum absolute atomic E-state index is 0. The standard InChI is InChI=1S/C60H68N2OTe.Pt/c1-37(2)45-30-50(38(3)4)56(51(31-45)39(5)6)57-54(35-55(64-57)53-34-47(25-27-62-53)59(10,11)12)63-49-29-46(28-48(33-49)60(13,14)15)52-32-44(24-26-61-52)43-22-20-42(21-23-43)41-18-16-40(17-19-41)36-58(7,8)9;/h16-28,30-34,37-39H,36H2,1-15H3;/q-2;+2. The molecule has 0 atom stereocenters. The summed E-state index contributed by atoms with van der Waals surface area (Å²) in [7, 11) is 0. The van der Waals surface area contributed by atoms with Gasteiger partial charge in [-0.05, 0) is 28.5 Å². The first-order chi connectivity index (χ1) is 30.0. The van der Waals surface area contributed by atoms with Gasteiger partial charge in [-0.15, -0.1) is 0 Å². The third-order valence-electron chi connectivity index (χ3n) is 12.1. The zero-order valence-corrected chi connectivity index (χ0v) is 46.0. The fourth-order valence-electron chi connectivity index (χ4n) is 8.24. The van der Waals surface area contributed by atoms with Crippen molar-refractivity contribution in [1.29, 1.82) is 0 Å². The van der Waals surface area contributed by atoms with E-state index in [1.807, 2.05) is 12.4 Å². The summed E-state index contributed by atoms with van der Waals surface area (Å²) >= 11 is -0.965. The van der Waals surface area contributed by atoms with E-state index in [0.717, 1.165) is 45.8 Å². The molecule has 0 saturated heterocycles. The van der Waals surface area contributed by atoms with E-state index in [2.05, 4.69) is 213 Å². The molecule has 340 valence electrons. The van der Waals surface area contributed by atoms with Crippen LogP contribution in [0.25, 0.3) is 51.9 Å². The Morgan fingerprint density at radius 2 is 1.09 bits per heavy atom. The maximum absolute atomic E-state index is 7.21. The summed E-state index contributed by atoms with van der Waals surface area (Å²) in [4.78, 5) is 9.89. The van der Waals surface area contributed by atoms with E-state index < -0.39 is 20.4 Å². The van der Waals surface area contributed by atoms with Crippen LogP contribution in [0, 0.1) is 17.5 Å². The van der Waals surface area contributed by atoms with Crippen LogP contribution in [-0.4, -0.2) is 30.4 Å². The average molecular weight is 1160 g/mol. The summed E-state index contributed by atoms with van der Waals surface area (Å²) in [5.74, 6) is 2.56. The third-order valence-corrected chi connectivity index (χ3v) is 15.2. The van der Waals surface area contributed by atoms with Gasteiger partial charge in [0.15, 0.2) is 0 Å². The second kappa shape index (κ2) is 20.0. The second-order valence-electron chi connectivity index (χ2n) is 21.9. The molecule has 0 fully saturated rings. The average Bonchev–Trinajstić information content (AvgIpc) is 3.65. The Labute approximate surface area is 415 Å². The number of rotatable bonds is 11. The monoisotopic (exact) mass is 1160 g/mol. The Morgan fingerprint density at radius 3 is 1.63 bits per heavy atom. The molecule has 3 aromatic heterocycles. The number of ether oxygens (including phenoxy) is 1. The summed E-state index contributed by atoms with van der Waals surface area (Å²) in [5.41, 5.74) is 16.9. The van der Waals surface area contributed by atoms with Gasteiger partial charge in [0, 0.05) is 0 Å². The van der Waals surface area contributed by atoms with E-state index in [1.54, 1.807) is 0 Å². The zero-order valence-electron chi connectivity index (χ0n) is 41.4. The van der Waals surface area contributed by atoms with Crippen LogP contribution in [0.1, 0.15) is 155 Å². The van der Waals surface area contributed by atoms with Crippen molar-refractivity contribution >= 4 is 20.4 Å². The molecule has 0 N–H and O–H groups in total. The normalized spacial score (nSPS) is 12.3. The van der Waals surface area contributed by atoms with Gasteiger partial charge in [-0.25, -0.2) is 0 Å². The molecule has 5 heteroatoms. The minimum atomic E-state index is -0.965. The molecule has 4 aromatic carbocycles. The molecule has 0 amide bonds. The van der Waals surface area contributed by atoms with E-state index in [4.69, 9.17) is 14.7 Å². The number of pyridine rings is 2. The maximum atomic E-state index is 7.21. The quantitative estimate of drug-likeness (QED) is 0.0956. The van der Waals surface area contributed by atoms with Crippen molar-refractivity contribution in [2.24, 2.45) is 5.41 Å². The summed E-state index contributed by atoms with van der Waals surface area (Å²) in [6.45, 7) is 34.3. The first kappa shape index (κ1) is 50.4. The first-order valence-corrected chi connectivity index (χ1v) is 25.5. The number of hydrogen-bond acceptors (Lipinski definition) is 3. The van der Waals surface area contributed by atoms with E-state index in [1.165, 1.54) is 51.7 Å². The second-order valence-corrected chi connectivity index (χ2v) is 24.8. The van der Waals surface area contributed by atoms with Crippen LogP contribution < -0.4 is 4.74 Å². The van der Waals surface area contributed by atoms with Crippen molar-refractivity contribution in [2.45, 2.75) is 139 Å². The van der Waals surface area contributed by atoms with Crippen LogP contribution in [0.5, 0.6) is 11.5 Å². The largest absolute Gasteiger partial charge is 2.00 e. The third kappa shape index (κ3) is 12.1. The van der Waals surface area contributed by atoms with Crippen LogP contribution in [0.15, 0.2) is 109 Å². The van der Waals surface area contributed by atoms with Gasteiger partial charge in [0.1, 0.15) is 0 Å². The Balaban J connectivity index is 0.00000700. The van der Waals surface area contributed by atoms with Gasteiger partial charge in [-0.3, -0.25) is 0 Å². The molecule has 7 aromatic rings. The fourth-order valence-corrected chi connectivity index (χ4v) is 11.3. The topological polar surface area (TPSA) is 35.0 Å². The summed E-state index contributed by atoms with van der Waals surface area (Å²) in [6.07, 6.45) is 4.94. The predicted octanol–water partition coefficient (Wildman–Crippen LogP) is 16.8. The van der Waals surface area contributed by atoms with E-state index in [9.17, 15) is 0 Å². The van der Waals surface area contributed by atoms with Crippen molar-refractivity contribution in [3.05, 3.63) is 155 Å². The Morgan fingerprint density at radius 1 is 0.554 bits per heavy atom. The van der Waals surface area contributed by atoms with Crippen LogP contribution >= 0.6 is 0 Å². The molecular formula is C60H68N2OPtTe. The molecule has 7 rings (SSSR count). The molecule has 3 heterocycles. The summed E-state index contributed by atoms with van der Waals surface area (Å²) in [6, 6.07) is 43.5. The van der Waals surface area contributed by atoms with Gasteiger partial charge in [0.05, 0.1) is 0 Å². The molecule has 0 aliphatic carbocycles. The molecule has 65 heavy (non-hydrogen) atoms. The Hall–Kier alpha value is -4.06. The first-order valence-electron chi connectivity index (χ1n) is 23.2. The number of aromatic nitrogens is 2. The Bertz CT molecular complexity index is 2710. The smallest absolute Gasteiger partial charge is 2.00 e. The summed E-state index contributed by atoms with van der Waals surface area (Å²) in [5, 5.41) is 0. The molecule has 0 bridgehead atoms. The van der Waals surface area contributed by atoms with Gasteiger partial charge in [-0.1, -0.05) is 45.0 Å². The molecule has 0 radical (unpaired) electrons. The molecule has 3 nitrogen and oxygen atoms in total. The summed E-state index contributed by atoms with van der Waals surface area (Å²) < 4.78 is 9.66. The van der Waals surface area contributed by atoms with Crippen LogP contribution in [0.3, 0.4) is 0 Å². The Kier molecular flexibility index (Phi) is 15.5. The van der Waals surface area contributed by atoms with Crippen LogP contribution in [-0.2, 0) is 38.3 Å². The fraction of sp³-hybridized carbons (Fsp3) is 0.367. The maximum Gasteiger partial charge on any atom is 2.00 e. The van der Waals surface area contributed by atoms with Crippen molar-refractivity contribution in [2.75, 3.05) is 0 Å². The number of hydrogen-bond donors (Lipinski definition) is 0. The van der Waals surface area contributed by atoms with Crippen molar-refractivity contribution in [1.82, 2.24) is 9.97 Å². The minimum Gasteiger partial charge on any atom is 2.00 e. The molecule has 0 aliphatic heterocycles. The van der Waals surface area contributed by atoms with Gasteiger partial charge in [-0.2, -0.15) is 0 Å². The molecule has 0 spiro atoms. The van der Waals surface area contributed by atoms with E-state index in [-0.39, 0.29) is 37.3 Å². The van der Waals surface area contributed by atoms with Gasteiger partial charge in [0.25, 0.3) is 0 Å².